The molecule has 0 radical (unpaired) electrons. The van der Waals surface area contributed by atoms with E-state index in [4.69, 9.17) is 0 Å². The van der Waals surface area contributed by atoms with E-state index in [0.29, 0.717) is 38.8 Å². The van der Waals surface area contributed by atoms with Crippen molar-refractivity contribution >= 4 is 28.4 Å². The summed E-state index contributed by atoms with van der Waals surface area (Å²) in [6.07, 6.45) is 4.37. The summed E-state index contributed by atoms with van der Waals surface area (Å²) in [5, 5.41) is 4.23. The number of benzene rings is 2. The number of aromatic amines is 1. The number of amides is 2. The smallest absolute Gasteiger partial charge is 0.227 e. The predicted octanol–water partition coefficient (Wildman–Crippen LogP) is 4.98. The topological polar surface area (TPSA) is 65.2 Å². The summed E-state index contributed by atoms with van der Waals surface area (Å²) in [5.74, 6) is 0.118. The fourth-order valence-corrected chi connectivity index (χ4v) is 4.01. The Morgan fingerprint density at radius 2 is 1.90 bits per heavy atom. The third kappa shape index (κ3) is 4.46. The van der Waals surface area contributed by atoms with Crippen LogP contribution in [0.25, 0.3) is 22.2 Å². The second-order valence-corrected chi connectivity index (χ2v) is 7.82. The molecule has 4 rings (SSSR count). The molecule has 0 atom stereocenters. The molecule has 0 spiro atoms. The average Bonchev–Trinajstić information content (AvgIpc) is 3.22. The monoisotopic (exact) mass is 401 g/mol. The first-order valence-corrected chi connectivity index (χ1v) is 10.5. The van der Waals surface area contributed by atoms with Crippen LogP contribution in [0.15, 0.2) is 67.3 Å². The van der Waals surface area contributed by atoms with Gasteiger partial charge in [0, 0.05) is 53.3 Å². The molecule has 2 heterocycles. The minimum atomic E-state index is -0.0646. The maximum Gasteiger partial charge on any atom is 0.227 e. The highest BCUT2D eigenvalue weighted by Gasteiger charge is 2.27. The number of allylic oxidation sites excluding steroid dienone is 1. The Morgan fingerprint density at radius 3 is 2.67 bits per heavy atom. The lowest BCUT2D eigenvalue weighted by molar-refractivity contribution is -0.134. The fourth-order valence-electron chi connectivity index (χ4n) is 4.01. The lowest BCUT2D eigenvalue weighted by Crippen LogP contribution is -2.41. The molecule has 30 heavy (non-hydrogen) atoms. The van der Waals surface area contributed by atoms with Gasteiger partial charge in [-0.2, -0.15) is 0 Å². The molecule has 1 saturated heterocycles. The number of nitrogens with zero attached hydrogens (tertiary/aromatic N) is 1. The number of aromatic nitrogens is 1. The molecule has 5 heteroatoms. The van der Waals surface area contributed by atoms with E-state index in [2.05, 4.69) is 35.1 Å². The molecule has 0 aliphatic carbocycles. The molecule has 0 bridgehead atoms. The Balaban J connectivity index is 1.38. The van der Waals surface area contributed by atoms with Crippen LogP contribution in [0.2, 0.25) is 0 Å². The van der Waals surface area contributed by atoms with Gasteiger partial charge in [-0.1, -0.05) is 36.4 Å². The normalized spacial score (nSPS) is 14.6. The van der Waals surface area contributed by atoms with Gasteiger partial charge in [0.2, 0.25) is 11.8 Å². The van der Waals surface area contributed by atoms with Crippen LogP contribution in [-0.4, -0.2) is 34.8 Å². The summed E-state index contributed by atoms with van der Waals surface area (Å²) in [6.45, 7) is 4.95. The molecule has 3 aromatic rings. The fraction of sp³-hybridized carbons (Fsp3) is 0.280. The molecule has 1 fully saturated rings. The lowest BCUT2D eigenvalue weighted by atomic mass is 9.95. The number of anilines is 1. The van der Waals surface area contributed by atoms with Crippen LogP contribution >= 0.6 is 0 Å². The van der Waals surface area contributed by atoms with Crippen molar-refractivity contribution < 1.29 is 9.59 Å². The van der Waals surface area contributed by atoms with Crippen molar-refractivity contribution in [1.29, 1.82) is 0 Å². The first-order chi connectivity index (χ1) is 14.6. The van der Waals surface area contributed by atoms with Gasteiger partial charge in [-0.15, -0.1) is 6.58 Å². The number of H-pyrrole nitrogens is 1. The van der Waals surface area contributed by atoms with Gasteiger partial charge in [0.15, 0.2) is 0 Å². The van der Waals surface area contributed by atoms with E-state index in [0.717, 1.165) is 27.8 Å². The second kappa shape index (κ2) is 8.99. The standard InChI is InChI=1S/C25H27N3O2/c1-2-3-11-24(29)28-14-12-18(13-15-28)25(30)26-21-9-6-8-19(16-21)23-17-20-7-4-5-10-22(20)27-23/h2,4-10,16-18,27H,1,3,11-15H2,(H,26,30). The van der Waals surface area contributed by atoms with Crippen LogP contribution in [0, 0.1) is 5.92 Å². The molecule has 0 unspecified atom stereocenters. The molecular weight excluding hydrogens is 374 g/mol. The molecule has 1 aliphatic heterocycles. The van der Waals surface area contributed by atoms with Gasteiger partial charge in [-0.05, 0) is 43.5 Å². The number of carbonyl (C=O) groups is 2. The summed E-state index contributed by atoms with van der Waals surface area (Å²) in [6, 6.07) is 18.2. The van der Waals surface area contributed by atoms with Crippen LogP contribution in [0.3, 0.4) is 0 Å². The van der Waals surface area contributed by atoms with Crippen LogP contribution in [0.4, 0.5) is 5.69 Å². The average molecular weight is 402 g/mol. The maximum absolute atomic E-state index is 12.8. The highest BCUT2D eigenvalue weighted by Crippen LogP contribution is 2.27. The van der Waals surface area contributed by atoms with Gasteiger partial charge in [0.1, 0.15) is 0 Å². The quantitative estimate of drug-likeness (QED) is 0.572. The zero-order valence-electron chi connectivity index (χ0n) is 17.1. The van der Waals surface area contributed by atoms with Crippen LogP contribution in [0.5, 0.6) is 0 Å². The van der Waals surface area contributed by atoms with E-state index in [9.17, 15) is 9.59 Å². The zero-order valence-corrected chi connectivity index (χ0v) is 17.1. The first kappa shape index (κ1) is 20.0. The van der Waals surface area contributed by atoms with Gasteiger partial charge in [-0.3, -0.25) is 9.59 Å². The number of piperidine rings is 1. The number of fused-ring (bicyclic) bond motifs is 1. The van der Waals surface area contributed by atoms with Crippen molar-refractivity contribution in [2.45, 2.75) is 25.7 Å². The summed E-state index contributed by atoms with van der Waals surface area (Å²) >= 11 is 0. The zero-order chi connectivity index (χ0) is 20.9. The molecule has 2 aromatic carbocycles. The van der Waals surface area contributed by atoms with Crippen LogP contribution < -0.4 is 5.32 Å². The largest absolute Gasteiger partial charge is 0.355 e. The second-order valence-electron chi connectivity index (χ2n) is 7.82. The third-order valence-corrected chi connectivity index (χ3v) is 5.75. The number of hydrogen-bond acceptors (Lipinski definition) is 2. The number of hydrogen-bond donors (Lipinski definition) is 2. The van der Waals surface area contributed by atoms with E-state index in [-0.39, 0.29) is 17.7 Å². The van der Waals surface area contributed by atoms with Gasteiger partial charge >= 0.3 is 0 Å². The molecule has 2 N–H and O–H groups in total. The Morgan fingerprint density at radius 1 is 1.10 bits per heavy atom. The van der Waals surface area contributed by atoms with Gasteiger partial charge < -0.3 is 15.2 Å². The Labute approximate surface area is 176 Å². The van der Waals surface area contributed by atoms with Crippen molar-refractivity contribution in [3.05, 3.63) is 67.3 Å². The Bertz CT molecular complexity index is 1030. The number of likely N-dealkylation sites (tertiary alicyclic amines) is 1. The molecule has 154 valence electrons. The number of carbonyl (C=O) groups excluding carboxylic acids is 2. The molecule has 1 aliphatic rings. The number of rotatable bonds is 6. The van der Waals surface area contributed by atoms with E-state index < -0.39 is 0 Å². The van der Waals surface area contributed by atoms with E-state index in [1.165, 1.54) is 0 Å². The van der Waals surface area contributed by atoms with Gasteiger partial charge in [-0.25, -0.2) is 0 Å². The Kier molecular flexibility index (Phi) is 5.98. The summed E-state index contributed by atoms with van der Waals surface area (Å²) in [7, 11) is 0. The molecular formula is C25H27N3O2. The highest BCUT2D eigenvalue weighted by molar-refractivity contribution is 5.94. The van der Waals surface area contributed by atoms with E-state index in [1.54, 1.807) is 6.08 Å². The minimum absolute atomic E-state index is 0.0296. The van der Waals surface area contributed by atoms with Crippen molar-refractivity contribution in [1.82, 2.24) is 9.88 Å². The molecule has 1 aromatic heterocycles. The van der Waals surface area contributed by atoms with Crippen LogP contribution in [-0.2, 0) is 9.59 Å². The van der Waals surface area contributed by atoms with Crippen molar-refractivity contribution in [2.75, 3.05) is 18.4 Å². The third-order valence-electron chi connectivity index (χ3n) is 5.75. The highest BCUT2D eigenvalue weighted by atomic mass is 16.2. The summed E-state index contributed by atoms with van der Waals surface area (Å²) in [4.78, 5) is 30.2. The number of para-hydroxylation sites is 1. The van der Waals surface area contributed by atoms with E-state index in [1.807, 2.05) is 41.3 Å². The van der Waals surface area contributed by atoms with Gasteiger partial charge in [0.25, 0.3) is 0 Å². The van der Waals surface area contributed by atoms with Crippen molar-refractivity contribution in [3.63, 3.8) is 0 Å². The summed E-state index contributed by atoms with van der Waals surface area (Å²) in [5.41, 5.74) is 3.95. The van der Waals surface area contributed by atoms with Crippen molar-refractivity contribution in [2.24, 2.45) is 5.92 Å². The van der Waals surface area contributed by atoms with Gasteiger partial charge in [0.05, 0.1) is 0 Å². The summed E-state index contributed by atoms with van der Waals surface area (Å²) < 4.78 is 0. The first-order valence-electron chi connectivity index (χ1n) is 10.5. The molecule has 5 nitrogen and oxygen atoms in total. The SMILES string of the molecule is C=CCCC(=O)N1CCC(C(=O)Nc2cccc(-c3cc4ccccc4[nH]3)c2)CC1. The predicted molar refractivity (Wildman–Crippen MR) is 121 cm³/mol. The Hall–Kier alpha value is -3.34. The van der Waals surface area contributed by atoms with E-state index >= 15 is 0 Å². The minimum Gasteiger partial charge on any atom is -0.355 e. The van der Waals surface area contributed by atoms with Crippen molar-refractivity contribution in [3.8, 4) is 11.3 Å². The maximum atomic E-state index is 12.8. The lowest BCUT2D eigenvalue weighted by Gasteiger charge is -2.31. The molecule has 0 saturated carbocycles. The number of nitrogens with one attached hydrogen (secondary N) is 2. The molecule has 2 amide bonds. The van der Waals surface area contributed by atoms with Crippen LogP contribution in [0.1, 0.15) is 25.7 Å².